The van der Waals surface area contributed by atoms with Gasteiger partial charge in [-0.25, -0.2) is 14.8 Å². The Morgan fingerprint density at radius 1 is 1.30 bits per heavy atom. The summed E-state index contributed by atoms with van der Waals surface area (Å²) in [7, 11) is 3.29. The standard InChI is InChI=1S/C18H24N8O4/c1-5-25(3)17-22-12-13(16(27)28)24-26(9-10-30-6-2)14(12)15(23-17)20-11-7-8-19-18(21-11)29-4/h7-8H,5-6,9-10H2,1-4H3,(H,27,28)(H,19,20,21,22,23). The average Bonchev–Trinajstić information content (AvgIpc) is 3.12. The van der Waals surface area contributed by atoms with Gasteiger partial charge < -0.3 is 24.8 Å². The van der Waals surface area contributed by atoms with Crippen LogP contribution in [-0.4, -0.2) is 74.7 Å². The van der Waals surface area contributed by atoms with Crippen LogP contribution in [0.15, 0.2) is 12.3 Å². The number of anilines is 3. The van der Waals surface area contributed by atoms with Crippen molar-refractivity contribution in [3.8, 4) is 6.01 Å². The molecule has 30 heavy (non-hydrogen) atoms. The smallest absolute Gasteiger partial charge is 0.358 e. The lowest BCUT2D eigenvalue weighted by Crippen LogP contribution is -2.19. The van der Waals surface area contributed by atoms with Gasteiger partial charge in [0.05, 0.1) is 20.3 Å². The monoisotopic (exact) mass is 416 g/mol. The molecule has 0 aromatic carbocycles. The van der Waals surface area contributed by atoms with E-state index in [2.05, 4.69) is 30.4 Å². The SMILES string of the molecule is CCOCCn1nc(C(=O)O)c2nc(N(C)CC)nc(Nc3ccnc(OC)n3)c21. The predicted molar refractivity (Wildman–Crippen MR) is 110 cm³/mol. The molecule has 0 saturated heterocycles. The number of rotatable bonds is 10. The third-order valence-corrected chi connectivity index (χ3v) is 4.31. The van der Waals surface area contributed by atoms with Crippen LogP contribution in [0, 0.1) is 0 Å². The van der Waals surface area contributed by atoms with E-state index in [1.165, 1.54) is 11.8 Å². The Kier molecular flexibility index (Phi) is 6.57. The number of hydrogen-bond acceptors (Lipinski definition) is 10. The fourth-order valence-electron chi connectivity index (χ4n) is 2.70. The lowest BCUT2D eigenvalue weighted by Gasteiger charge is -2.16. The maximum atomic E-state index is 11.8. The van der Waals surface area contributed by atoms with Crippen molar-refractivity contribution in [2.24, 2.45) is 0 Å². The number of nitrogens with one attached hydrogen (secondary N) is 1. The van der Waals surface area contributed by atoms with Crippen molar-refractivity contribution in [1.82, 2.24) is 29.7 Å². The van der Waals surface area contributed by atoms with Crippen LogP contribution in [0.1, 0.15) is 24.3 Å². The number of aromatic carboxylic acids is 1. The molecule has 0 saturated carbocycles. The largest absolute Gasteiger partial charge is 0.476 e. The van der Waals surface area contributed by atoms with Crippen LogP contribution in [0.3, 0.4) is 0 Å². The molecule has 12 nitrogen and oxygen atoms in total. The molecule has 3 aromatic heterocycles. The topological polar surface area (TPSA) is 140 Å². The zero-order valence-electron chi connectivity index (χ0n) is 17.3. The van der Waals surface area contributed by atoms with Crippen LogP contribution in [0.2, 0.25) is 0 Å². The van der Waals surface area contributed by atoms with Gasteiger partial charge in [-0.1, -0.05) is 0 Å². The van der Waals surface area contributed by atoms with Crippen molar-refractivity contribution < 1.29 is 19.4 Å². The number of carboxylic acid groups (broad SMARTS) is 1. The van der Waals surface area contributed by atoms with Gasteiger partial charge in [0.25, 0.3) is 0 Å². The lowest BCUT2D eigenvalue weighted by atomic mass is 10.3. The van der Waals surface area contributed by atoms with Crippen LogP contribution in [0.25, 0.3) is 11.0 Å². The first kappa shape index (κ1) is 21.2. The summed E-state index contributed by atoms with van der Waals surface area (Å²) in [5, 5.41) is 17.0. The zero-order valence-corrected chi connectivity index (χ0v) is 17.3. The number of aromatic nitrogens is 6. The van der Waals surface area contributed by atoms with Crippen LogP contribution >= 0.6 is 0 Å². The van der Waals surface area contributed by atoms with E-state index in [1.807, 2.05) is 20.9 Å². The summed E-state index contributed by atoms with van der Waals surface area (Å²) in [6.07, 6.45) is 1.54. The second kappa shape index (κ2) is 9.31. The van der Waals surface area contributed by atoms with Gasteiger partial charge in [0, 0.05) is 26.4 Å². The van der Waals surface area contributed by atoms with Gasteiger partial charge in [-0.15, -0.1) is 0 Å². The quantitative estimate of drug-likeness (QED) is 0.465. The number of carbonyl (C=O) groups is 1. The summed E-state index contributed by atoms with van der Waals surface area (Å²) >= 11 is 0. The highest BCUT2D eigenvalue weighted by Gasteiger charge is 2.24. The summed E-state index contributed by atoms with van der Waals surface area (Å²) < 4.78 is 12.0. The van der Waals surface area contributed by atoms with Gasteiger partial charge >= 0.3 is 12.0 Å². The molecule has 12 heteroatoms. The average molecular weight is 416 g/mol. The third-order valence-electron chi connectivity index (χ3n) is 4.31. The summed E-state index contributed by atoms with van der Waals surface area (Å²) in [4.78, 5) is 30.9. The highest BCUT2D eigenvalue weighted by Crippen LogP contribution is 2.28. The molecule has 3 aromatic rings. The molecule has 2 N–H and O–H groups in total. The van der Waals surface area contributed by atoms with E-state index in [0.717, 1.165) is 0 Å². The lowest BCUT2D eigenvalue weighted by molar-refractivity contribution is 0.0690. The number of ether oxygens (including phenoxy) is 2. The molecule has 0 aliphatic heterocycles. The molecule has 3 heterocycles. The van der Waals surface area contributed by atoms with E-state index in [4.69, 9.17) is 9.47 Å². The third kappa shape index (κ3) is 4.38. The van der Waals surface area contributed by atoms with Crippen molar-refractivity contribution in [3.05, 3.63) is 18.0 Å². The fourth-order valence-corrected chi connectivity index (χ4v) is 2.70. The fraction of sp³-hybridized carbons (Fsp3) is 0.444. The Hall–Kier alpha value is -3.54. The predicted octanol–water partition coefficient (Wildman–Crippen LogP) is 1.56. The van der Waals surface area contributed by atoms with Crippen molar-refractivity contribution >= 4 is 34.6 Å². The molecule has 0 bridgehead atoms. The molecule has 0 aliphatic rings. The maximum absolute atomic E-state index is 11.8. The van der Waals surface area contributed by atoms with Gasteiger partial charge in [0.2, 0.25) is 5.95 Å². The minimum Gasteiger partial charge on any atom is -0.476 e. The Balaban J connectivity index is 2.18. The first-order valence-corrected chi connectivity index (χ1v) is 9.43. The van der Waals surface area contributed by atoms with E-state index in [1.54, 1.807) is 17.2 Å². The number of nitrogens with zero attached hydrogens (tertiary/aromatic N) is 7. The van der Waals surface area contributed by atoms with Gasteiger partial charge in [0.1, 0.15) is 16.9 Å². The van der Waals surface area contributed by atoms with E-state index < -0.39 is 5.97 Å². The molecule has 0 unspecified atom stereocenters. The number of methoxy groups -OCH3 is 1. The first-order chi connectivity index (χ1) is 14.5. The van der Waals surface area contributed by atoms with Crippen LogP contribution in [-0.2, 0) is 11.3 Å². The second-order valence-corrected chi connectivity index (χ2v) is 6.21. The molecule has 0 radical (unpaired) electrons. The molecule has 160 valence electrons. The first-order valence-electron chi connectivity index (χ1n) is 9.43. The Labute approximate surface area is 172 Å². The van der Waals surface area contributed by atoms with Gasteiger partial charge in [-0.05, 0) is 19.9 Å². The van der Waals surface area contributed by atoms with E-state index in [9.17, 15) is 9.90 Å². The number of fused-ring (bicyclic) bond motifs is 1. The van der Waals surface area contributed by atoms with E-state index >= 15 is 0 Å². The highest BCUT2D eigenvalue weighted by molar-refractivity contribution is 6.03. The van der Waals surface area contributed by atoms with Crippen molar-refractivity contribution in [3.63, 3.8) is 0 Å². The minimum atomic E-state index is -1.17. The maximum Gasteiger partial charge on any atom is 0.358 e. The Morgan fingerprint density at radius 3 is 2.77 bits per heavy atom. The van der Waals surface area contributed by atoms with Gasteiger partial charge in [-0.3, -0.25) is 4.68 Å². The van der Waals surface area contributed by atoms with E-state index in [-0.39, 0.29) is 17.2 Å². The summed E-state index contributed by atoms with van der Waals surface area (Å²) in [5.41, 5.74) is 0.517. The van der Waals surface area contributed by atoms with Gasteiger partial charge in [-0.2, -0.15) is 15.1 Å². The zero-order chi connectivity index (χ0) is 21.7. The summed E-state index contributed by atoms with van der Waals surface area (Å²) in [6, 6.07) is 1.84. The van der Waals surface area contributed by atoms with Crippen molar-refractivity contribution in [2.75, 3.05) is 44.1 Å². The number of hydrogen-bond donors (Lipinski definition) is 2. The normalized spacial score (nSPS) is 10.9. The molecular weight excluding hydrogens is 392 g/mol. The molecule has 0 aliphatic carbocycles. The molecular formula is C18H24N8O4. The number of carboxylic acids is 1. The minimum absolute atomic E-state index is 0.155. The highest BCUT2D eigenvalue weighted by atomic mass is 16.5. The van der Waals surface area contributed by atoms with Crippen molar-refractivity contribution in [1.29, 1.82) is 0 Å². The molecule has 0 spiro atoms. The van der Waals surface area contributed by atoms with Crippen LogP contribution in [0.5, 0.6) is 6.01 Å². The summed E-state index contributed by atoms with van der Waals surface area (Å²) in [6.45, 7) is 5.70. The second-order valence-electron chi connectivity index (χ2n) is 6.21. The van der Waals surface area contributed by atoms with E-state index in [0.29, 0.717) is 49.4 Å². The summed E-state index contributed by atoms with van der Waals surface area (Å²) in [5.74, 6) is -0.0112. The van der Waals surface area contributed by atoms with Crippen LogP contribution in [0.4, 0.5) is 17.6 Å². The Bertz CT molecular complexity index is 1040. The van der Waals surface area contributed by atoms with Gasteiger partial charge in [0.15, 0.2) is 11.5 Å². The van der Waals surface area contributed by atoms with Crippen molar-refractivity contribution in [2.45, 2.75) is 20.4 Å². The molecule has 0 atom stereocenters. The molecule has 3 rings (SSSR count). The molecule has 0 fully saturated rings. The molecule has 0 amide bonds. The Morgan fingerprint density at radius 2 is 2.10 bits per heavy atom. The van der Waals surface area contributed by atoms with Crippen LogP contribution < -0.4 is 15.0 Å².